The van der Waals surface area contributed by atoms with Gasteiger partial charge in [0.2, 0.25) is 11.7 Å². The second-order valence-electron chi connectivity index (χ2n) is 5.61. The number of hydrogen-bond acceptors (Lipinski definition) is 6. The fraction of sp³-hybridized carbons (Fsp3) is 0.438. The number of rotatable bonds is 3. The van der Waals surface area contributed by atoms with Crippen molar-refractivity contribution in [2.24, 2.45) is 0 Å². The summed E-state index contributed by atoms with van der Waals surface area (Å²) in [6.07, 6.45) is 1.98. The molecule has 0 radical (unpaired) electrons. The monoisotopic (exact) mass is 301 g/mol. The van der Waals surface area contributed by atoms with Crippen molar-refractivity contribution in [2.75, 3.05) is 13.7 Å². The van der Waals surface area contributed by atoms with E-state index >= 15 is 0 Å². The van der Waals surface area contributed by atoms with Crippen LogP contribution in [0.4, 0.5) is 0 Å². The van der Waals surface area contributed by atoms with Crippen molar-refractivity contribution in [3.63, 3.8) is 0 Å². The Morgan fingerprint density at radius 2 is 2.32 bits per heavy atom. The van der Waals surface area contributed by atoms with Gasteiger partial charge < -0.3 is 14.6 Å². The van der Waals surface area contributed by atoms with Crippen LogP contribution in [0.2, 0.25) is 0 Å². The number of carbonyl (C=O) groups excluding carboxylic acids is 1. The molecule has 0 saturated carbocycles. The topological polar surface area (TPSA) is 77.2 Å². The van der Waals surface area contributed by atoms with Crippen LogP contribution in [0.5, 0.6) is 0 Å². The number of esters is 1. The van der Waals surface area contributed by atoms with E-state index in [1.54, 1.807) is 18.2 Å². The smallest absolute Gasteiger partial charge is 0.337 e. The van der Waals surface area contributed by atoms with Crippen molar-refractivity contribution in [1.29, 1.82) is 0 Å². The lowest BCUT2D eigenvalue weighted by Gasteiger charge is -2.25. The molecule has 0 bridgehead atoms. The highest BCUT2D eigenvalue weighted by molar-refractivity contribution is 5.90. The summed E-state index contributed by atoms with van der Waals surface area (Å²) in [6.45, 7) is 3.12. The summed E-state index contributed by atoms with van der Waals surface area (Å²) in [5.74, 6) is 1.10. The zero-order valence-corrected chi connectivity index (χ0v) is 12.7. The summed E-state index contributed by atoms with van der Waals surface area (Å²) in [5, 5.41) is 7.46. The number of piperidine rings is 1. The van der Waals surface area contributed by atoms with Crippen molar-refractivity contribution >= 4 is 5.97 Å². The largest absolute Gasteiger partial charge is 0.465 e. The molecule has 0 aliphatic carbocycles. The van der Waals surface area contributed by atoms with Crippen molar-refractivity contribution < 1.29 is 14.1 Å². The van der Waals surface area contributed by atoms with Gasteiger partial charge in [0.15, 0.2) is 0 Å². The number of carbonyl (C=O) groups is 1. The van der Waals surface area contributed by atoms with Gasteiger partial charge in [-0.25, -0.2) is 4.79 Å². The van der Waals surface area contributed by atoms with Gasteiger partial charge in [0.1, 0.15) is 0 Å². The lowest BCUT2D eigenvalue weighted by molar-refractivity contribution is 0.0601. The molecule has 6 nitrogen and oxygen atoms in total. The third-order valence-electron chi connectivity index (χ3n) is 3.96. The maximum absolute atomic E-state index is 11.6. The van der Waals surface area contributed by atoms with Crippen LogP contribution >= 0.6 is 0 Å². The summed E-state index contributed by atoms with van der Waals surface area (Å²) in [6, 6.07) is 7.50. The molecule has 6 heteroatoms. The number of aromatic nitrogens is 2. The Bertz CT molecular complexity index is 668. The molecule has 1 aliphatic rings. The number of nitrogens with one attached hydrogen (secondary N) is 1. The molecule has 3 rings (SSSR count). The standard InChI is InChI=1S/C16H19N3O3/c1-10-8-12(6-7-17-10)15-18-14(19-22-15)11-4-3-5-13(9-11)16(20)21-2/h3-5,9-10,12,17H,6-8H2,1-2H3/t10-,12-/m0/s1. The van der Waals surface area contributed by atoms with E-state index in [1.165, 1.54) is 7.11 Å². The third-order valence-corrected chi connectivity index (χ3v) is 3.96. The normalized spacial score (nSPS) is 21.5. The lowest BCUT2D eigenvalue weighted by Crippen LogP contribution is -2.34. The maximum Gasteiger partial charge on any atom is 0.337 e. The molecule has 0 unspecified atom stereocenters. The molecule has 116 valence electrons. The maximum atomic E-state index is 11.6. The summed E-state index contributed by atoms with van der Waals surface area (Å²) in [4.78, 5) is 16.1. The second-order valence-corrected chi connectivity index (χ2v) is 5.61. The van der Waals surface area contributed by atoms with Crippen LogP contribution < -0.4 is 5.32 Å². The fourth-order valence-corrected chi connectivity index (χ4v) is 2.78. The van der Waals surface area contributed by atoms with Crippen LogP contribution in [0.15, 0.2) is 28.8 Å². The Kier molecular flexibility index (Phi) is 4.20. The van der Waals surface area contributed by atoms with Crippen LogP contribution in [-0.2, 0) is 4.74 Å². The minimum Gasteiger partial charge on any atom is -0.465 e. The summed E-state index contributed by atoms with van der Waals surface area (Å²) >= 11 is 0. The zero-order chi connectivity index (χ0) is 15.5. The van der Waals surface area contributed by atoms with Gasteiger partial charge in [0.25, 0.3) is 0 Å². The highest BCUT2D eigenvalue weighted by atomic mass is 16.5. The highest BCUT2D eigenvalue weighted by Gasteiger charge is 2.25. The Morgan fingerprint density at radius 1 is 1.45 bits per heavy atom. The number of ether oxygens (including phenoxy) is 1. The number of nitrogens with zero attached hydrogens (tertiary/aromatic N) is 2. The Morgan fingerprint density at radius 3 is 3.09 bits per heavy atom. The van der Waals surface area contributed by atoms with E-state index in [0.717, 1.165) is 24.9 Å². The van der Waals surface area contributed by atoms with Gasteiger partial charge in [-0.05, 0) is 38.4 Å². The van der Waals surface area contributed by atoms with Gasteiger partial charge in [-0.3, -0.25) is 0 Å². The van der Waals surface area contributed by atoms with E-state index < -0.39 is 0 Å². The Hall–Kier alpha value is -2.21. The minimum absolute atomic E-state index is 0.293. The minimum atomic E-state index is -0.377. The van der Waals surface area contributed by atoms with Gasteiger partial charge in [-0.1, -0.05) is 17.3 Å². The Labute approximate surface area is 128 Å². The zero-order valence-electron chi connectivity index (χ0n) is 12.7. The SMILES string of the molecule is COC(=O)c1cccc(-c2noc([C@H]3CCN[C@@H](C)C3)n2)c1. The molecule has 2 atom stereocenters. The molecule has 2 aromatic rings. The predicted molar refractivity (Wildman–Crippen MR) is 80.5 cm³/mol. The van der Waals surface area contributed by atoms with E-state index in [9.17, 15) is 4.79 Å². The predicted octanol–water partition coefficient (Wildman–Crippen LogP) is 2.38. The van der Waals surface area contributed by atoms with Gasteiger partial charge in [0.05, 0.1) is 12.7 Å². The second kappa shape index (κ2) is 6.27. The molecule has 1 saturated heterocycles. The average Bonchev–Trinajstić information content (AvgIpc) is 3.04. The first-order valence-electron chi connectivity index (χ1n) is 7.43. The molecular weight excluding hydrogens is 282 g/mol. The highest BCUT2D eigenvalue weighted by Crippen LogP contribution is 2.28. The van der Waals surface area contributed by atoms with Crippen LogP contribution in [-0.4, -0.2) is 35.8 Å². The molecular formula is C16H19N3O3. The van der Waals surface area contributed by atoms with E-state index in [2.05, 4.69) is 22.4 Å². The summed E-state index contributed by atoms with van der Waals surface area (Å²) in [5.41, 5.74) is 1.22. The van der Waals surface area contributed by atoms with E-state index in [0.29, 0.717) is 29.2 Å². The molecule has 1 aromatic heterocycles. The summed E-state index contributed by atoms with van der Waals surface area (Å²) in [7, 11) is 1.36. The van der Waals surface area contributed by atoms with Crippen LogP contribution in [0.3, 0.4) is 0 Å². The number of hydrogen-bond donors (Lipinski definition) is 1. The van der Waals surface area contributed by atoms with Crippen LogP contribution in [0, 0.1) is 0 Å². The number of methoxy groups -OCH3 is 1. The van der Waals surface area contributed by atoms with E-state index in [1.807, 2.05) is 6.07 Å². The molecule has 2 heterocycles. The van der Waals surface area contributed by atoms with Crippen molar-refractivity contribution in [2.45, 2.75) is 31.7 Å². The van der Waals surface area contributed by atoms with Crippen molar-refractivity contribution in [3.8, 4) is 11.4 Å². The van der Waals surface area contributed by atoms with E-state index in [4.69, 9.17) is 9.26 Å². The molecule has 0 spiro atoms. The molecule has 1 N–H and O–H groups in total. The van der Waals surface area contributed by atoms with Crippen LogP contribution in [0.25, 0.3) is 11.4 Å². The first-order chi connectivity index (χ1) is 10.7. The average molecular weight is 301 g/mol. The quantitative estimate of drug-likeness (QED) is 0.877. The number of benzene rings is 1. The molecule has 22 heavy (non-hydrogen) atoms. The third kappa shape index (κ3) is 3.01. The molecule has 1 fully saturated rings. The van der Waals surface area contributed by atoms with Gasteiger partial charge >= 0.3 is 5.97 Å². The van der Waals surface area contributed by atoms with Gasteiger partial charge in [-0.2, -0.15) is 4.98 Å². The van der Waals surface area contributed by atoms with Gasteiger partial charge in [0, 0.05) is 17.5 Å². The first kappa shape index (κ1) is 14.7. The van der Waals surface area contributed by atoms with Crippen LogP contribution in [0.1, 0.15) is 41.9 Å². The molecule has 1 aromatic carbocycles. The van der Waals surface area contributed by atoms with Gasteiger partial charge in [-0.15, -0.1) is 0 Å². The molecule has 0 amide bonds. The van der Waals surface area contributed by atoms with E-state index in [-0.39, 0.29) is 5.97 Å². The first-order valence-corrected chi connectivity index (χ1v) is 7.43. The summed E-state index contributed by atoms with van der Waals surface area (Å²) < 4.78 is 10.2. The lowest BCUT2D eigenvalue weighted by atomic mass is 9.93. The van der Waals surface area contributed by atoms with Crippen molar-refractivity contribution in [1.82, 2.24) is 15.5 Å². The Balaban J connectivity index is 1.83. The van der Waals surface area contributed by atoms with Crippen molar-refractivity contribution in [3.05, 3.63) is 35.7 Å². The fourth-order valence-electron chi connectivity index (χ4n) is 2.78. The molecule has 1 aliphatic heterocycles.